The highest BCUT2D eigenvalue weighted by molar-refractivity contribution is 5.91. The third-order valence-corrected chi connectivity index (χ3v) is 5.43. The molecule has 0 aliphatic carbocycles. The van der Waals surface area contributed by atoms with E-state index < -0.39 is 0 Å². The van der Waals surface area contributed by atoms with E-state index in [4.69, 9.17) is 4.74 Å². The summed E-state index contributed by atoms with van der Waals surface area (Å²) in [5.74, 6) is 1.64. The molecule has 2 unspecified atom stereocenters. The molecule has 2 heterocycles. The predicted molar refractivity (Wildman–Crippen MR) is 116 cm³/mol. The summed E-state index contributed by atoms with van der Waals surface area (Å²) in [6.45, 7) is 8.51. The van der Waals surface area contributed by atoms with Crippen LogP contribution in [0.15, 0.2) is 24.3 Å². The van der Waals surface area contributed by atoms with E-state index in [1.807, 2.05) is 25.1 Å². The molecule has 2 N–H and O–H groups in total. The Morgan fingerprint density at radius 2 is 2.25 bits per heavy atom. The third-order valence-electron chi connectivity index (χ3n) is 5.43. The number of fused-ring (bicyclic) bond motifs is 1. The summed E-state index contributed by atoms with van der Waals surface area (Å²) < 4.78 is 7.55. The second-order valence-electron chi connectivity index (χ2n) is 7.46. The highest BCUT2D eigenvalue weighted by Gasteiger charge is 2.23. The smallest absolute Gasteiger partial charge is 0.226 e. The van der Waals surface area contributed by atoms with E-state index in [0.29, 0.717) is 30.8 Å². The molecule has 156 valence electrons. The number of rotatable bonds is 9. The fourth-order valence-electron chi connectivity index (χ4n) is 3.87. The number of benzene rings is 1. The number of para-hydroxylation sites is 2. The number of carbonyl (C=O) groups excluding carboxylic acids is 1. The second kappa shape index (κ2) is 11.4. The number of halogens is 1. The van der Waals surface area contributed by atoms with Crippen molar-refractivity contribution >= 4 is 35.3 Å². The van der Waals surface area contributed by atoms with E-state index in [-0.39, 0.29) is 18.3 Å². The van der Waals surface area contributed by atoms with Crippen LogP contribution >= 0.6 is 12.4 Å². The van der Waals surface area contributed by atoms with Crippen molar-refractivity contribution in [1.29, 1.82) is 0 Å². The minimum Gasteiger partial charge on any atom is -0.382 e. The molecule has 1 fully saturated rings. The Hall–Kier alpha value is -1.63. The lowest BCUT2D eigenvalue weighted by molar-refractivity contribution is -0.117. The van der Waals surface area contributed by atoms with E-state index >= 15 is 0 Å². The Morgan fingerprint density at radius 1 is 1.43 bits per heavy atom. The normalized spacial score (nSPS) is 17.9. The van der Waals surface area contributed by atoms with Crippen molar-refractivity contribution in [2.45, 2.75) is 46.1 Å². The highest BCUT2D eigenvalue weighted by Crippen LogP contribution is 2.24. The predicted octanol–water partition coefficient (Wildman–Crippen LogP) is 3.85. The number of nitrogens with one attached hydrogen (secondary N) is 2. The lowest BCUT2D eigenvalue weighted by Gasteiger charge is -2.28. The van der Waals surface area contributed by atoms with Crippen LogP contribution in [0.1, 0.15) is 39.5 Å². The molecule has 0 bridgehead atoms. The van der Waals surface area contributed by atoms with Crippen LogP contribution in [0.25, 0.3) is 11.0 Å². The van der Waals surface area contributed by atoms with Gasteiger partial charge in [0.15, 0.2) is 0 Å². The Labute approximate surface area is 173 Å². The van der Waals surface area contributed by atoms with E-state index in [1.165, 1.54) is 12.8 Å². The summed E-state index contributed by atoms with van der Waals surface area (Å²) in [6, 6.07) is 8.02. The van der Waals surface area contributed by atoms with Crippen LogP contribution in [-0.2, 0) is 16.1 Å². The topological polar surface area (TPSA) is 68.2 Å². The molecule has 6 nitrogen and oxygen atoms in total. The second-order valence-corrected chi connectivity index (χ2v) is 7.46. The van der Waals surface area contributed by atoms with Crippen molar-refractivity contribution in [2.24, 2.45) is 11.8 Å². The van der Waals surface area contributed by atoms with E-state index in [0.717, 1.165) is 43.7 Å². The first-order chi connectivity index (χ1) is 13.2. The molecule has 2 atom stereocenters. The molecule has 0 spiro atoms. The molecule has 2 aromatic rings. The van der Waals surface area contributed by atoms with Gasteiger partial charge in [-0.1, -0.05) is 19.1 Å². The molecule has 0 radical (unpaired) electrons. The fourth-order valence-corrected chi connectivity index (χ4v) is 3.87. The maximum Gasteiger partial charge on any atom is 0.226 e. The molecule has 1 aliphatic heterocycles. The lowest BCUT2D eigenvalue weighted by Crippen LogP contribution is -2.34. The zero-order valence-electron chi connectivity index (χ0n) is 16.9. The van der Waals surface area contributed by atoms with E-state index in [1.54, 1.807) is 0 Å². The van der Waals surface area contributed by atoms with Gasteiger partial charge >= 0.3 is 0 Å². The highest BCUT2D eigenvalue weighted by atomic mass is 35.5. The van der Waals surface area contributed by atoms with Crippen molar-refractivity contribution in [3.8, 4) is 0 Å². The molecule has 0 saturated carbocycles. The average molecular weight is 409 g/mol. The van der Waals surface area contributed by atoms with Crippen LogP contribution < -0.4 is 10.6 Å². The molecule has 3 rings (SSSR count). The van der Waals surface area contributed by atoms with Gasteiger partial charge in [-0.25, -0.2) is 4.98 Å². The summed E-state index contributed by atoms with van der Waals surface area (Å²) >= 11 is 0. The first-order valence-corrected chi connectivity index (χ1v) is 10.2. The van der Waals surface area contributed by atoms with Gasteiger partial charge in [-0.05, 0) is 63.2 Å². The number of amides is 1. The molecular weight excluding hydrogens is 376 g/mol. The summed E-state index contributed by atoms with van der Waals surface area (Å²) in [6.07, 6.45) is 3.83. The number of ether oxygens (including phenoxy) is 1. The number of imidazole rings is 1. The van der Waals surface area contributed by atoms with Gasteiger partial charge in [-0.2, -0.15) is 0 Å². The van der Waals surface area contributed by atoms with Crippen LogP contribution in [0.2, 0.25) is 0 Å². The number of aromatic nitrogens is 2. The SMILES string of the molecule is CCOCCCn1c(NC(=O)CC(C)C2CCCNC2)nc2ccccc21.Cl. The van der Waals surface area contributed by atoms with Gasteiger partial charge < -0.3 is 14.6 Å². The number of piperidine rings is 1. The number of hydrogen-bond acceptors (Lipinski definition) is 4. The Bertz CT molecular complexity index is 743. The monoisotopic (exact) mass is 408 g/mol. The first-order valence-electron chi connectivity index (χ1n) is 10.2. The van der Waals surface area contributed by atoms with Gasteiger partial charge in [0.2, 0.25) is 11.9 Å². The quantitative estimate of drug-likeness (QED) is 0.618. The maximum atomic E-state index is 12.7. The van der Waals surface area contributed by atoms with Gasteiger partial charge in [0.25, 0.3) is 0 Å². The molecule has 1 saturated heterocycles. The van der Waals surface area contributed by atoms with Crippen LogP contribution in [0, 0.1) is 11.8 Å². The third kappa shape index (κ3) is 5.93. The lowest BCUT2D eigenvalue weighted by atomic mass is 9.85. The van der Waals surface area contributed by atoms with E-state index in [9.17, 15) is 4.79 Å². The number of anilines is 1. The number of carbonyl (C=O) groups is 1. The van der Waals surface area contributed by atoms with Gasteiger partial charge in [-0.3, -0.25) is 10.1 Å². The van der Waals surface area contributed by atoms with Crippen LogP contribution in [0.3, 0.4) is 0 Å². The summed E-state index contributed by atoms with van der Waals surface area (Å²) in [7, 11) is 0. The van der Waals surface area contributed by atoms with Gasteiger partial charge in [-0.15, -0.1) is 12.4 Å². The number of nitrogens with zero attached hydrogens (tertiary/aromatic N) is 2. The zero-order chi connectivity index (χ0) is 19.1. The Morgan fingerprint density at radius 3 is 3.00 bits per heavy atom. The largest absolute Gasteiger partial charge is 0.382 e. The van der Waals surface area contributed by atoms with Crippen molar-refractivity contribution < 1.29 is 9.53 Å². The standard InChI is InChI=1S/C21H32N4O2.ClH/c1-3-27-13-7-12-25-19-10-5-4-9-18(19)23-21(25)24-20(26)14-16(2)17-8-6-11-22-15-17;/h4-5,9-10,16-17,22H,3,6-8,11-15H2,1-2H3,(H,23,24,26);1H. The maximum absolute atomic E-state index is 12.7. The molecular formula is C21H33ClN4O2. The van der Waals surface area contributed by atoms with Gasteiger partial charge in [0.05, 0.1) is 11.0 Å². The number of hydrogen-bond donors (Lipinski definition) is 2. The fraction of sp³-hybridized carbons (Fsp3) is 0.619. The first kappa shape index (κ1) is 22.7. The van der Waals surface area contributed by atoms with Gasteiger partial charge in [0, 0.05) is 26.2 Å². The summed E-state index contributed by atoms with van der Waals surface area (Å²) in [5.41, 5.74) is 1.96. The molecule has 28 heavy (non-hydrogen) atoms. The van der Waals surface area contributed by atoms with Crippen LogP contribution in [0.5, 0.6) is 0 Å². The van der Waals surface area contributed by atoms with Crippen molar-refractivity contribution in [2.75, 3.05) is 31.6 Å². The molecule has 1 amide bonds. The Kier molecular flexibility index (Phi) is 9.22. The van der Waals surface area contributed by atoms with Crippen molar-refractivity contribution in [3.05, 3.63) is 24.3 Å². The number of aryl methyl sites for hydroxylation is 1. The van der Waals surface area contributed by atoms with E-state index in [2.05, 4.69) is 33.2 Å². The summed E-state index contributed by atoms with van der Waals surface area (Å²) in [4.78, 5) is 17.3. The Balaban J connectivity index is 0.00000280. The van der Waals surface area contributed by atoms with Crippen molar-refractivity contribution in [1.82, 2.24) is 14.9 Å². The summed E-state index contributed by atoms with van der Waals surface area (Å²) in [5, 5.41) is 6.50. The zero-order valence-corrected chi connectivity index (χ0v) is 17.8. The molecule has 1 aromatic heterocycles. The van der Waals surface area contributed by atoms with Crippen LogP contribution in [0.4, 0.5) is 5.95 Å². The minimum atomic E-state index is 0. The molecule has 7 heteroatoms. The van der Waals surface area contributed by atoms with Gasteiger partial charge in [0.1, 0.15) is 0 Å². The average Bonchev–Trinajstić information content (AvgIpc) is 3.03. The van der Waals surface area contributed by atoms with Crippen LogP contribution in [-0.4, -0.2) is 41.8 Å². The molecule has 1 aliphatic rings. The molecule has 1 aromatic carbocycles. The minimum absolute atomic E-state index is 0. The van der Waals surface area contributed by atoms with Crippen molar-refractivity contribution in [3.63, 3.8) is 0 Å².